The van der Waals surface area contributed by atoms with E-state index in [1.54, 1.807) is 0 Å². The van der Waals surface area contributed by atoms with E-state index in [1.165, 1.54) is 38.5 Å². The molecular weight excluding hydrogens is 484 g/mol. The lowest BCUT2D eigenvalue weighted by Gasteiger charge is -2.29. The molecule has 1 aromatic heterocycles. The van der Waals surface area contributed by atoms with Gasteiger partial charge in [-0.1, -0.05) is 44.2 Å². The number of likely N-dealkylation sites (tertiary alicyclic amines) is 1. The number of nitrogens with zero attached hydrogens (tertiary/aromatic N) is 5. The highest BCUT2D eigenvalue weighted by molar-refractivity contribution is 6.33. The summed E-state index contributed by atoms with van der Waals surface area (Å²) < 4.78 is 0. The number of anilines is 5. The molecule has 1 saturated carbocycles. The van der Waals surface area contributed by atoms with E-state index in [0.717, 1.165) is 50.4 Å². The molecule has 2 atom stereocenters. The summed E-state index contributed by atoms with van der Waals surface area (Å²) in [5, 5.41) is 11.3. The van der Waals surface area contributed by atoms with Crippen LogP contribution in [0.1, 0.15) is 79.1 Å². The van der Waals surface area contributed by atoms with Crippen LogP contribution in [0.5, 0.6) is 0 Å². The third-order valence-electron chi connectivity index (χ3n) is 7.89. The van der Waals surface area contributed by atoms with Crippen molar-refractivity contribution >= 4 is 40.8 Å². The summed E-state index contributed by atoms with van der Waals surface area (Å²) in [5.74, 6) is 1.75. The molecule has 8 nitrogen and oxygen atoms in total. The smallest absolute Gasteiger partial charge is 0.233 e. The number of rotatable bonds is 11. The van der Waals surface area contributed by atoms with Gasteiger partial charge in [0.15, 0.2) is 0 Å². The third kappa shape index (κ3) is 7.38. The second-order valence-electron chi connectivity index (χ2n) is 10.4. The van der Waals surface area contributed by atoms with Crippen LogP contribution in [0.25, 0.3) is 0 Å². The number of benzene rings is 1. The van der Waals surface area contributed by atoms with Gasteiger partial charge in [-0.3, -0.25) is 4.90 Å². The number of hydrogen-bond acceptors (Lipinski definition) is 8. The Bertz CT molecular complexity index is 990. The quantitative estimate of drug-likeness (QED) is 0.284. The summed E-state index contributed by atoms with van der Waals surface area (Å²) in [6.45, 7) is 12.8. The number of nitrogens with one attached hydrogen (secondary N) is 3. The molecule has 2 aromatic rings. The summed E-state index contributed by atoms with van der Waals surface area (Å²) in [4.78, 5) is 19.1. The van der Waals surface area contributed by atoms with E-state index in [2.05, 4.69) is 59.5 Å². The normalized spacial score (nSPS) is 19.9. The van der Waals surface area contributed by atoms with Crippen LogP contribution in [0.15, 0.2) is 18.2 Å². The number of hydrogen-bond donors (Lipinski definition) is 3. The van der Waals surface area contributed by atoms with Gasteiger partial charge in [-0.2, -0.15) is 15.0 Å². The zero-order valence-corrected chi connectivity index (χ0v) is 23.8. The average Bonchev–Trinajstić information content (AvgIpc) is 3.23. The minimum atomic E-state index is 0.242. The summed E-state index contributed by atoms with van der Waals surface area (Å²) in [7, 11) is 0. The van der Waals surface area contributed by atoms with Gasteiger partial charge in [0, 0.05) is 36.9 Å². The lowest BCUT2D eigenvalue weighted by molar-refractivity contribution is 0.249. The van der Waals surface area contributed by atoms with Crippen molar-refractivity contribution in [3.8, 4) is 0 Å². The van der Waals surface area contributed by atoms with Gasteiger partial charge in [0.25, 0.3) is 0 Å². The number of halogens is 1. The maximum Gasteiger partial charge on any atom is 0.233 e. The molecule has 4 rings (SSSR count). The van der Waals surface area contributed by atoms with Gasteiger partial charge >= 0.3 is 0 Å². The molecular formula is C28H45ClN8. The van der Waals surface area contributed by atoms with Gasteiger partial charge in [0.05, 0.1) is 10.7 Å². The molecule has 1 saturated heterocycles. The maximum atomic E-state index is 6.66. The fourth-order valence-corrected chi connectivity index (χ4v) is 6.11. The molecule has 1 aliphatic heterocycles. The van der Waals surface area contributed by atoms with Crippen LogP contribution >= 0.6 is 11.6 Å². The Hall–Kier alpha value is -2.32. The Kier molecular flexibility index (Phi) is 10.1. The highest BCUT2D eigenvalue weighted by Gasteiger charge is 2.28. The molecule has 1 aromatic carbocycles. The second kappa shape index (κ2) is 13.5. The zero-order valence-electron chi connectivity index (χ0n) is 23.1. The first-order chi connectivity index (χ1) is 18.0. The van der Waals surface area contributed by atoms with Crippen molar-refractivity contribution in [1.82, 2.24) is 19.9 Å². The monoisotopic (exact) mass is 528 g/mol. The minimum absolute atomic E-state index is 0.242. The molecule has 2 heterocycles. The fourth-order valence-electron chi connectivity index (χ4n) is 5.81. The van der Waals surface area contributed by atoms with E-state index in [9.17, 15) is 0 Å². The molecule has 0 radical (unpaired) electrons. The average molecular weight is 529 g/mol. The van der Waals surface area contributed by atoms with Crippen LogP contribution < -0.4 is 20.9 Å². The van der Waals surface area contributed by atoms with Crippen molar-refractivity contribution in [1.29, 1.82) is 0 Å². The highest BCUT2D eigenvalue weighted by Crippen LogP contribution is 2.30. The Morgan fingerprint density at radius 1 is 0.946 bits per heavy atom. The molecule has 0 amide bonds. The largest absolute Gasteiger partial charge is 0.371 e. The Labute approximate surface area is 228 Å². The molecule has 9 heteroatoms. The molecule has 37 heavy (non-hydrogen) atoms. The van der Waals surface area contributed by atoms with Crippen molar-refractivity contribution in [2.24, 2.45) is 0 Å². The van der Waals surface area contributed by atoms with Crippen LogP contribution in [-0.4, -0.2) is 64.2 Å². The summed E-state index contributed by atoms with van der Waals surface area (Å²) >= 11 is 6.66. The van der Waals surface area contributed by atoms with Crippen molar-refractivity contribution < 1.29 is 0 Å². The van der Waals surface area contributed by atoms with Gasteiger partial charge < -0.3 is 20.9 Å². The highest BCUT2D eigenvalue weighted by atomic mass is 35.5. The summed E-state index contributed by atoms with van der Waals surface area (Å²) in [6, 6.07) is 7.18. The van der Waals surface area contributed by atoms with Gasteiger partial charge in [-0.05, 0) is 77.7 Å². The first kappa shape index (κ1) is 27.7. The SMILES string of the molecule is CCN(CC)c1ccc(Nc2nc(NC3CCCCCC3)nc(NC(C)C3CCCN3CC)n2)cc1Cl. The van der Waals surface area contributed by atoms with Crippen molar-refractivity contribution in [3.63, 3.8) is 0 Å². The van der Waals surface area contributed by atoms with E-state index in [4.69, 9.17) is 26.6 Å². The molecule has 2 unspecified atom stereocenters. The van der Waals surface area contributed by atoms with Crippen molar-refractivity contribution in [2.75, 3.05) is 47.0 Å². The zero-order chi connectivity index (χ0) is 26.2. The van der Waals surface area contributed by atoms with Crippen LogP contribution in [0.2, 0.25) is 5.02 Å². The lowest BCUT2D eigenvalue weighted by Crippen LogP contribution is -2.41. The molecule has 204 valence electrons. The van der Waals surface area contributed by atoms with Crippen LogP contribution in [0.3, 0.4) is 0 Å². The Balaban J connectivity index is 1.56. The van der Waals surface area contributed by atoms with E-state index in [1.807, 2.05) is 12.1 Å². The van der Waals surface area contributed by atoms with E-state index in [0.29, 0.717) is 35.0 Å². The van der Waals surface area contributed by atoms with Crippen molar-refractivity contribution in [3.05, 3.63) is 23.2 Å². The van der Waals surface area contributed by atoms with E-state index >= 15 is 0 Å². The Morgan fingerprint density at radius 3 is 2.32 bits per heavy atom. The molecule has 2 fully saturated rings. The number of aromatic nitrogens is 3. The predicted molar refractivity (Wildman–Crippen MR) is 157 cm³/mol. The molecule has 1 aliphatic carbocycles. The third-order valence-corrected chi connectivity index (χ3v) is 8.19. The Morgan fingerprint density at radius 2 is 1.65 bits per heavy atom. The minimum Gasteiger partial charge on any atom is -0.371 e. The van der Waals surface area contributed by atoms with Crippen LogP contribution in [0, 0.1) is 0 Å². The first-order valence-corrected chi connectivity index (χ1v) is 14.7. The van der Waals surface area contributed by atoms with Gasteiger partial charge in [0.2, 0.25) is 17.8 Å². The van der Waals surface area contributed by atoms with E-state index in [-0.39, 0.29) is 6.04 Å². The first-order valence-electron chi connectivity index (χ1n) is 14.3. The summed E-state index contributed by atoms with van der Waals surface area (Å²) in [5.41, 5.74) is 1.90. The predicted octanol–water partition coefficient (Wildman–Crippen LogP) is 6.53. The van der Waals surface area contributed by atoms with Crippen LogP contribution in [0.4, 0.5) is 29.2 Å². The maximum absolute atomic E-state index is 6.66. The van der Waals surface area contributed by atoms with Gasteiger partial charge in [-0.25, -0.2) is 0 Å². The topological polar surface area (TPSA) is 81.2 Å². The van der Waals surface area contributed by atoms with E-state index < -0.39 is 0 Å². The van der Waals surface area contributed by atoms with Crippen LogP contribution in [-0.2, 0) is 0 Å². The molecule has 2 aliphatic rings. The second-order valence-corrected chi connectivity index (χ2v) is 10.8. The molecule has 3 N–H and O–H groups in total. The number of likely N-dealkylation sites (N-methyl/N-ethyl adjacent to an activating group) is 1. The lowest BCUT2D eigenvalue weighted by atomic mass is 10.1. The molecule has 0 bridgehead atoms. The van der Waals surface area contributed by atoms with Crippen molar-refractivity contribution in [2.45, 2.75) is 97.2 Å². The van der Waals surface area contributed by atoms with Gasteiger partial charge in [0.1, 0.15) is 0 Å². The fraction of sp³-hybridized carbons (Fsp3) is 0.679. The molecule has 0 spiro atoms. The summed E-state index contributed by atoms with van der Waals surface area (Å²) in [6.07, 6.45) is 9.88. The standard InChI is InChI=1S/C28H45ClN8/c1-5-36(6-2)25-17-16-22(19-23(25)29)32-28-34-26(30-20(4)24-15-12-18-37(24)7-3)33-27(35-28)31-21-13-10-8-9-11-14-21/h16-17,19-21,24H,5-15,18H2,1-4H3,(H3,30,31,32,33,34,35). The van der Waals surface area contributed by atoms with Gasteiger partial charge in [-0.15, -0.1) is 0 Å².